The van der Waals surface area contributed by atoms with E-state index in [4.69, 9.17) is 9.47 Å². The Morgan fingerprint density at radius 2 is 1.86 bits per heavy atom. The van der Waals surface area contributed by atoms with Crippen LogP contribution in [0.3, 0.4) is 0 Å². The normalized spacial score (nSPS) is 28.9. The number of alkyl carbamates (subject to hydrolysis) is 1. The molecule has 11 heteroatoms. The standard InChI is InChI=1S/C32H40N4O7/c1-30(2,3)43-29(41)35-32-19-23(42-26-24-14-11-10-12-21(24)16-17-33-26)20-36(32)25(37)15-9-7-5-4-6-8-13-22-18-31(22,28(39)40)34-27(32)38/h8,10-14,16-17,22-23H,4-7,9,15,18-20H2,1-3H3,(H,34,38)(H,35,41)(H,39,40)/b13-8+. The van der Waals surface area contributed by atoms with Crippen LogP contribution in [0.25, 0.3) is 10.8 Å². The van der Waals surface area contributed by atoms with Crippen molar-refractivity contribution in [2.75, 3.05) is 6.54 Å². The molecule has 1 aromatic heterocycles. The summed E-state index contributed by atoms with van der Waals surface area (Å²) >= 11 is 0. The largest absolute Gasteiger partial charge is 0.479 e. The summed E-state index contributed by atoms with van der Waals surface area (Å²) in [4.78, 5) is 59.6. The summed E-state index contributed by atoms with van der Waals surface area (Å²) < 4.78 is 11.9. The van der Waals surface area contributed by atoms with Gasteiger partial charge in [0.1, 0.15) is 17.2 Å². The Morgan fingerprint density at radius 1 is 1.09 bits per heavy atom. The zero-order valence-corrected chi connectivity index (χ0v) is 24.9. The third kappa shape index (κ3) is 6.45. The highest BCUT2D eigenvalue weighted by Gasteiger charge is 2.64. The van der Waals surface area contributed by atoms with Gasteiger partial charge in [-0.15, -0.1) is 0 Å². The summed E-state index contributed by atoms with van der Waals surface area (Å²) in [6, 6.07) is 9.42. The minimum atomic E-state index is -1.95. The van der Waals surface area contributed by atoms with Crippen molar-refractivity contribution in [3.8, 4) is 5.88 Å². The first kappa shape index (κ1) is 30.3. The predicted molar refractivity (Wildman–Crippen MR) is 158 cm³/mol. The number of allylic oxidation sites excluding steroid dienone is 1. The SMILES string of the molecule is CC(C)(C)OC(=O)NC12CC(Oc3nccc4ccccc34)CN1C(=O)CCCCCC/C=C/C1CC1(C(=O)O)NC2=O. The van der Waals surface area contributed by atoms with E-state index < -0.39 is 46.8 Å². The van der Waals surface area contributed by atoms with Crippen molar-refractivity contribution in [1.82, 2.24) is 20.5 Å². The van der Waals surface area contributed by atoms with Crippen LogP contribution in [0.4, 0.5) is 4.79 Å². The number of aromatic nitrogens is 1. The number of ether oxygens (including phenoxy) is 2. The molecule has 4 atom stereocenters. The van der Waals surface area contributed by atoms with Crippen molar-refractivity contribution in [3.63, 3.8) is 0 Å². The summed E-state index contributed by atoms with van der Waals surface area (Å²) in [5.74, 6) is -2.38. The lowest BCUT2D eigenvalue weighted by Crippen LogP contribution is -2.69. The Balaban J connectivity index is 1.54. The van der Waals surface area contributed by atoms with Crippen LogP contribution in [0.15, 0.2) is 48.7 Å². The molecule has 1 saturated heterocycles. The molecular weight excluding hydrogens is 552 g/mol. The van der Waals surface area contributed by atoms with Gasteiger partial charge in [-0.2, -0.15) is 0 Å². The first-order valence-electron chi connectivity index (χ1n) is 15.0. The first-order valence-corrected chi connectivity index (χ1v) is 15.0. The third-order valence-corrected chi connectivity index (χ3v) is 8.28. The van der Waals surface area contributed by atoms with Crippen LogP contribution in [-0.2, 0) is 19.1 Å². The van der Waals surface area contributed by atoms with E-state index in [2.05, 4.69) is 15.6 Å². The number of hydrogen-bond acceptors (Lipinski definition) is 7. The molecule has 3 amide bonds. The highest BCUT2D eigenvalue weighted by molar-refractivity contribution is 5.99. The smallest absolute Gasteiger partial charge is 0.409 e. The topological polar surface area (TPSA) is 147 Å². The van der Waals surface area contributed by atoms with Crippen molar-refractivity contribution in [3.05, 3.63) is 48.7 Å². The van der Waals surface area contributed by atoms with Gasteiger partial charge in [0, 0.05) is 30.3 Å². The Labute approximate surface area is 251 Å². The summed E-state index contributed by atoms with van der Waals surface area (Å²) in [6.07, 6.45) is 8.10. The molecule has 43 heavy (non-hydrogen) atoms. The first-order chi connectivity index (χ1) is 20.4. The fourth-order valence-electron chi connectivity index (χ4n) is 6.02. The number of carbonyl (C=O) groups is 4. The number of pyridine rings is 1. The van der Waals surface area contributed by atoms with E-state index >= 15 is 0 Å². The number of aliphatic carboxylic acids is 1. The molecule has 4 unspecified atom stereocenters. The average Bonchev–Trinajstić information content (AvgIpc) is 3.52. The fraction of sp³-hybridized carbons (Fsp3) is 0.531. The number of carbonyl (C=O) groups excluding carboxylic acids is 3. The van der Waals surface area contributed by atoms with E-state index in [9.17, 15) is 24.3 Å². The van der Waals surface area contributed by atoms with Crippen LogP contribution < -0.4 is 15.4 Å². The molecule has 3 N–H and O–H groups in total. The van der Waals surface area contributed by atoms with Gasteiger partial charge < -0.3 is 24.8 Å². The summed E-state index contributed by atoms with van der Waals surface area (Å²) in [6.45, 7) is 5.06. The van der Waals surface area contributed by atoms with E-state index in [-0.39, 0.29) is 31.7 Å². The van der Waals surface area contributed by atoms with Gasteiger partial charge in [-0.3, -0.25) is 14.9 Å². The maximum Gasteiger partial charge on any atom is 0.409 e. The second kappa shape index (κ2) is 11.9. The quantitative estimate of drug-likeness (QED) is 0.445. The van der Waals surface area contributed by atoms with E-state index in [1.54, 1.807) is 27.0 Å². The van der Waals surface area contributed by atoms with E-state index in [1.807, 2.05) is 42.5 Å². The van der Waals surface area contributed by atoms with Gasteiger partial charge >= 0.3 is 12.1 Å². The van der Waals surface area contributed by atoms with Crippen molar-refractivity contribution in [2.45, 2.75) is 95.0 Å². The lowest BCUT2D eigenvalue weighted by molar-refractivity contribution is -0.150. The molecule has 1 saturated carbocycles. The third-order valence-electron chi connectivity index (χ3n) is 8.28. The summed E-state index contributed by atoms with van der Waals surface area (Å²) in [7, 11) is 0. The number of carboxylic acids is 1. The Morgan fingerprint density at radius 3 is 2.63 bits per heavy atom. The van der Waals surface area contributed by atoms with Crippen LogP contribution in [0.1, 0.15) is 72.1 Å². The van der Waals surface area contributed by atoms with Crippen molar-refractivity contribution < 1.29 is 33.8 Å². The lowest BCUT2D eigenvalue weighted by atomic mass is 10.0. The molecule has 1 aliphatic carbocycles. The number of nitrogens with zero attached hydrogens (tertiary/aromatic N) is 2. The number of nitrogens with one attached hydrogen (secondary N) is 2. The van der Waals surface area contributed by atoms with Crippen molar-refractivity contribution in [1.29, 1.82) is 0 Å². The zero-order valence-electron chi connectivity index (χ0n) is 24.9. The van der Waals surface area contributed by atoms with E-state index in [0.29, 0.717) is 12.3 Å². The van der Waals surface area contributed by atoms with Gasteiger partial charge in [0.2, 0.25) is 17.5 Å². The van der Waals surface area contributed by atoms with Gasteiger partial charge in [-0.25, -0.2) is 14.6 Å². The number of carboxylic acid groups (broad SMARTS) is 1. The van der Waals surface area contributed by atoms with Gasteiger partial charge in [0.25, 0.3) is 5.91 Å². The zero-order chi connectivity index (χ0) is 30.8. The number of rotatable bonds is 4. The molecule has 2 aromatic rings. The van der Waals surface area contributed by atoms with Crippen molar-refractivity contribution >= 4 is 34.6 Å². The number of amides is 3. The molecule has 230 valence electrons. The number of fused-ring (bicyclic) bond motifs is 3. The Bertz CT molecular complexity index is 1430. The Hall–Kier alpha value is -4.15. The summed E-state index contributed by atoms with van der Waals surface area (Å²) in [5.41, 5.74) is -4.38. The summed E-state index contributed by atoms with van der Waals surface area (Å²) in [5, 5.41) is 17.3. The molecular formula is C32H40N4O7. The maximum absolute atomic E-state index is 14.3. The average molecular weight is 593 g/mol. The highest BCUT2D eigenvalue weighted by atomic mass is 16.6. The molecule has 3 heterocycles. The number of benzene rings is 1. The molecule has 3 aliphatic rings. The Kier molecular flexibility index (Phi) is 8.36. The predicted octanol–water partition coefficient (Wildman–Crippen LogP) is 4.31. The second-order valence-corrected chi connectivity index (χ2v) is 12.7. The lowest BCUT2D eigenvalue weighted by Gasteiger charge is -2.38. The monoisotopic (exact) mass is 592 g/mol. The molecule has 0 spiro atoms. The van der Waals surface area contributed by atoms with Crippen molar-refractivity contribution in [2.24, 2.45) is 5.92 Å². The molecule has 1 aromatic carbocycles. The van der Waals surface area contributed by atoms with Crippen LogP contribution in [0.2, 0.25) is 0 Å². The molecule has 2 aliphatic heterocycles. The van der Waals surface area contributed by atoms with Gasteiger partial charge in [-0.1, -0.05) is 43.2 Å². The van der Waals surface area contributed by atoms with Gasteiger partial charge in [-0.05, 0) is 64.0 Å². The number of hydrogen-bond donors (Lipinski definition) is 3. The minimum absolute atomic E-state index is 0.0175. The van der Waals surface area contributed by atoms with Crippen LogP contribution in [0.5, 0.6) is 5.88 Å². The van der Waals surface area contributed by atoms with Crippen LogP contribution in [-0.4, -0.2) is 68.3 Å². The van der Waals surface area contributed by atoms with E-state index in [1.165, 1.54) is 4.90 Å². The minimum Gasteiger partial charge on any atom is -0.479 e. The molecule has 0 bridgehead atoms. The van der Waals surface area contributed by atoms with Gasteiger partial charge in [0.15, 0.2) is 0 Å². The van der Waals surface area contributed by atoms with Crippen LogP contribution in [0, 0.1) is 5.92 Å². The maximum atomic E-state index is 14.3. The second-order valence-electron chi connectivity index (χ2n) is 12.7. The molecule has 11 nitrogen and oxygen atoms in total. The van der Waals surface area contributed by atoms with Crippen LogP contribution >= 0.6 is 0 Å². The fourth-order valence-corrected chi connectivity index (χ4v) is 6.02. The van der Waals surface area contributed by atoms with E-state index in [0.717, 1.165) is 36.5 Å². The molecule has 0 radical (unpaired) electrons. The van der Waals surface area contributed by atoms with Gasteiger partial charge in [0.05, 0.1) is 6.54 Å². The molecule has 5 rings (SSSR count). The highest BCUT2D eigenvalue weighted by Crippen LogP contribution is 2.46. The molecule has 2 fully saturated rings.